The Balaban J connectivity index is 1.39. The van der Waals surface area contributed by atoms with Crippen molar-refractivity contribution >= 4 is 11.6 Å². The van der Waals surface area contributed by atoms with Gasteiger partial charge in [-0.1, -0.05) is 44.2 Å². The van der Waals surface area contributed by atoms with E-state index in [1.165, 1.54) is 0 Å². The second-order valence-corrected chi connectivity index (χ2v) is 9.33. The summed E-state index contributed by atoms with van der Waals surface area (Å²) >= 11 is 0. The van der Waals surface area contributed by atoms with Crippen molar-refractivity contribution in [3.8, 4) is 5.75 Å². The first-order valence-corrected chi connectivity index (χ1v) is 11.5. The first-order valence-electron chi connectivity index (χ1n) is 11.5. The molecule has 2 aromatic carbocycles. The number of likely N-dealkylation sites (tertiary alicyclic amines) is 1. The predicted octanol–water partition coefficient (Wildman–Crippen LogP) is 3.26. The third-order valence-electron chi connectivity index (χ3n) is 6.87. The zero-order chi connectivity index (χ0) is 22.9. The summed E-state index contributed by atoms with van der Waals surface area (Å²) in [6, 6.07) is 13.6. The molecular weight excluding hydrogens is 404 g/mol. The van der Waals surface area contributed by atoms with Gasteiger partial charge in [0.15, 0.2) is 0 Å². The summed E-state index contributed by atoms with van der Waals surface area (Å²) in [7, 11) is 1.63. The Morgan fingerprint density at radius 3 is 2.53 bits per heavy atom. The monoisotopic (exact) mass is 438 g/mol. The highest BCUT2D eigenvalue weighted by Gasteiger charge is 2.36. The summed E-state index contributed by atoms with van der Waals surface area (Å²) in [5, 5.41) is 22.1. The number of nitrogens with zero attached hydrogens (tertiary/aromatic N) is 2. The largest absolute Gasteiger partial charge is 0.496 e. The van der Waals surface area contributed by atoms with Crippen LogP contribution < -0.4 is 9.64 Å². The van der Waals surface area contributed by atoms with Crippen LogP contribution in [0.1, 0.15) is 49.5 Å². The maximum atomic E-state index is 12.4. The van der Waals surface area contributed by atoms with Crippen molar-refractivity contribution in [1.82, 2.24) is 4.90 Å². The van der Waals surface area contributed by atoms with Crippen LogP contribution in [0.2, 0.25) is 0 Å². The number of para-hydroxylation sites is 1. The first kappa shape index (κ1) is 22.8. The highest BCUT2D eigenvalue weighted by Crippen LogP contribution is 2.38. The van der Waals surface area contributed by atoms with Crippen molar-refractivity contribution < 1.29 is 19.7 Å². The van der Waals surface area contributed by atoms with Crippen molar-refractivity contribution in [3.63, 3.8) is 0 Å². The molecule has 1 amide bonds. The standard InChI is InChI=1S/C26H34N2O4/c1-18(2)25(30)28-13-10-19-16-20(8-9-22(19)28)23(29)17-27-14-11-26(31,12-15-27)21-6-4-5-7-24(21)32-3/h4-9,16,18,23,29,31H,10-15,17H2,1-3H3. The molecule has 172 valence electrons. The minimum Gasteiger partial charge on any atom is -0.496 e. The maximum Gasteiger partial charge on any atom is 0.229 e. The summed E-state index contributed by atoms with van der Waals surface area (Å²) in [6.45, 7) is 6.48. The topological polar surface area (TPSA) is 73.2 Å². The third-order valence-corrected chi connectivity index (χ3v) is 6.87. The van der Waals surface area contributed by atoms with Crippen molar-refractivity contribution in [3.05, 3.63) is 59.2 Å². The number of rotatable bonds is 6. The number of fused-ring (bicyclic) bond motifs is 1. The molecule has 2 aliphatic heterocycles. The van der Waals surface area contributed by atoms with Gasteiger partial charge >= 0.3 is 0 Å². The Morgan fingerprint density at radius 2 is 1.84 bits per heavy atom. The smallest absolute Gasteiger partial charge is 0.229 e. The molecule has 2 N–H and O–H groups in total. The van der Waals surface area contributed by atoms with Gasteiger partial charge in [0.1, 0.15) is 5.75 Å². The number of β-amino-alcohol motifs (C(OH)–C–C–N with tert-alkyl or cyclic N) is 1. The molecule has 0 aliphatic carbocycles. The van der Waals surface area contributed by atoms with Gasteiger partial charge in [0, 0.05) is 43.3 Å². The number of benzene rings is 2. The van der Waals surface area contributed by atoms with Gasteiger partial charge < -0.3 is 24.7 Å². The molecule has 1 fully saturated rings. The lowest BCUT2D eigenvalue weighted by molar-refractivity contribution is -0.121. The second-order valence-electron chi connectivity index (χ2n) is 9.33. The van der Waals surface area contributed by atoms with Crippen LogP contribution in [0.15, 0.2) is 42.5 Å². The molecule has 0 bridgehead atoms. The molecule has 32 heavy (non-hydrogen) atoms. The van der Waals surface area contributed by atoms with Gasteiger partial charge in [-0.25, -0.2) is 0 Å². The summed E-state index contributed by atoms with van der Waals surface area (Å²) in [6.07, 6.45) is 1.41. The molecule has 6 heteroatoms. The number of aliphatic hydroxyl groups is 2. The fraction of sp³-hybridized carbons (Fsp3) is 0.500. The number of hydrogen-bond acceptors (Lipinski definition) is 5. The zero-order valence-electron chi connectivity index (χ0n) is 19.3. The fourth-order valence-electron chi connectivity index (χ4n) is 4.92. The Morgan fingerprint density at radius 1 is 1.12 bits per heavy atom. The summed E-state index contributed by atoms with van der Waals surface area (Å²) < 4.78 is 5.45. The van der Waals surface area contributed by atoms with Gasteiger partial charge in [-0.05, 0) is 42.5 Å². The number of amides is 1. The van der Waals surface area contributed by atoms with Crippen LogP contribution in [0, 0.1) is 5.92 Å². The van der Waals surface area contributed by atoms with E-state index in [2.05, 4.69) is 4.90 Å². The SMILES string of the molecule is COc1ccccc1C1(O)CCN(CC(O)c2ccc3c(c2)CCN3C(=O)C(C)C)CC1. The van der Waals surface area contributed by atoms with E-state index in [-0.39, 0.29) is 11.8 Å². The number of hydrogen-bond donors (Lipinski definition) is 2. The molecule has 2 aliphatic rings. The Hall–Kier alpha value is -2.41. The number of carbonyl (C=O) groups excluding carboxylic acids is 1. The van der Waals surface area contributed by atoms with Gasteiger partial charge in [0.2, 0.25) is 5.91 Å². The molecule has 4 rings (SSSR count). The van der Waals surface area contributed by atoms with Gasteiger partial charge in [0.25, 0.3) is 0 Å². The highest BCUT2D eigenvalue weighted by molar-refractivity contribution is 5.96. The number of aliphatic hydroxyl groups excluding tert-OH is 1. The molecule has 0 aromatic heterocycles. The van der Waals surface area contributed by atoms with Crippen LogP contribution >= 0.6 is 0 Å². The van der Waals surface area contributed by atoms with Crippen molar-refractivity contribution in [2.24, 2.45) is 5.92 Å². The minimum absolute atomic E-state index is 0.0279. The lowest BCUT2D eigenvalue weighted by Gasteiger charge is -2.39. The average Bonchev–Trinajstić information content (AvgIpc) is 3.23. The predicted molar refractivity (Wildman–Crippen MR) is 125 cm³/mol. The van der Waals surface area contributed by atoms with E-state index in [1.54, 1.807) is 7.11 Å². The van der Waals surface area contributed by atoms with E-state index >= 15 is 0 Å². The number of anilines is 1. The Labute approximate surface area is 190 Å². The van der Waals surface area contributed by atoms with E-state index < -0.39 is 11.7 Å². The van der Waals surface area contributed by atoms with Gasteiger partial charge in [-0.15, -0.1) is 0 Å². The third kappa shape index (κ3) is 4.40. The molecule has 0 spiro atoms. The summed E-state index contributed by atoms with van der Waals surface area (Å²) in [5.74, 6) is 0.833. The number of ether oxygens (including phenoxy) is 1. The first-order chi connectivity index (χ1) is 15.3. The maximum absolute atomic E-state index is 12.4. The lowest BCUT2D eigenvalue weighted by atomic mass is 9.83. The molecule has 1 saturated heterocycles. The van der Waals surface area contributed by atoms with Crippen molar-refractivity contribution in [2.45, 2.75) is 44.8 Å². The van der Waals surface area contributed by atoms with E-state index in [9.17, 15) is 15.0 Å². The molecule has 0 radical (unpaired) electrons. The zero-order valence-corrected chi connectivity index (χ0v) is 19.3. The quantitative estimate of drug-likeness (QED) is 0.724. The molecule has 1 atom stereocenters. The van der Waals surface area contributed by atoms with Crippen LogP contribution in [0.4, 0.5) is 5.69 Å². The molecule has 2 aromatic rings. The van der Waals surface area contributed by atoms with Crippen LogP contribution in [-0.2, 0) is 16.8 Å². The fourth-order valence-corrected chi connectivity index (χ4v) is 4.92. The minimum atomic E-state index is -0.909. The van der Waals surface area contributed by atoms with E-state index in [1.807, 2.05) is 61.2 Å². The molecule has 2 heterocycles. The second kappa shape index (κ2) is 9.22. The molecular formula is C26H34N2O4. The Bertz CT molecular complexity index is 966. The molecule has 6 nitrogen and oxygen atoms in total. The molecule has 1 unspecified atom stereocenters. The number of carbonyl (C=O) groups is 1. The van der Waals surface area contributed by atoms with Crippen LogP contribution in [0.5, 0.6) is 5.75 Å². The van der Waals surface area contributed by atoms with E-state index in [0.29, 0.717) is 44.8 Å². The lowest BCUT2D eigenvalue weighted by Crippen LogP contribution is -2.44. The van der Waals surface area contributed by atoms with Crippen molar-refractivity contribution in [2.75, 3.05) is 38.2 Å². The number of piperidine rings is 1. The number of methoxy groups -OCH3 is 1. The Kier molecular flexibility index (Phi) is 6.56. The average molecular weight is 439 g/mol. The van der Waals surface area contributed by atoms with Crippen LogP contribution in [0.25, 0.3) is 0 Å². The highest BCUT2D eigenvalue weighted by atomic mass is 16.5. The summed E-state index contributed by atoms with van der Waals surface area (Å²) in [5.41, 5.74) is 2.91. The van der Waals surface area contributed by atoms with Crippen LogP contribution in [0.3, 0.4) is 0 Å². The van der Waals surface area contributed by atoms with Crippen molar-refractivity contribution in [1.29, 1.82) is 0 Å². The van der Waals surface area contributed by atoms with Gasteiger partial charge in [-0.3, -0.25) is 4.79 Å². The van der Waals surface area contributed by atoms with Crippen LogP contribution in [-0.4, -0.2) is 54.3 Å². The van der Waals surface area contributed by atoms with Gasteiger partial charge in [-0.2, -0.15) is 0 Å². The van der Waals surface area contributed by atoms with E-state index in [0.717, 1.165) is 28.8 Å². The normalized spacial score (nSPS) is 19.1. The van der Waals surface area contributed by atoms with Gasteiger partial charge in [0.05, 0.1) is 18.8 Å². The molecule has 0 saturated carbocycles. The van der Waals surface area contributed by atoms with E-state index in [4.69, 9.17) is 4.74 Å². The summed E-state index contributed by atoms with van der Waals surface area (Å²) in [4.78, 5) is 16.5.